The molecule has 120 valence electrons. The Morgan fingerprint density at radius 2 is 1.82 bits per heavy atom. The number of hydrogen-bond donors (Lipinski definition) is 1. The highest BCUT2D eigenvalue weighted by atomic mass is 16.6. The van der Waals surface area contributed by atoms with Gasteiger partial charge in [0, 0.05) is 25.9 Å². The first-order valence-electron chi connectivity index (χ1n) is 7.40. The van der Waals surface area contributed by atoms with Crippen molar-refractivity contribution in [1.29, 1.82) is 0 Å². The molecule has 1 heterocycles. The number of likely N-dealkylation sites (tertiary alicyclic amines) is 1. The smallest absolute Gasteiger partial charge is 0.410 e. The molecular weight excluding hydrogens is 286 g/mol. The molecule has 1 fully saturated rings. The van der Waals surface area contributed by atoms with E-state index in [0.29, 0.717) is 0 Å². The van der Waals surface area contributed by atoms with E-state index in [0.717, 1.165) is 5.56 Å². The van der Waals surface area contributed by atoms with Crippen LogP contribution in [0.3, 0.4) is 0 Å². The summed E-state index contributed by atoms with van der Waals surface area (Å²) in [6.45, 7) is 2.66. The Kier molecular flexibility index (Phi) is 5.38. The fourth-order valence-corrected chi connectivity index (χ4v) is 2.34. The first kappa shape index (κ1) is 16.3. The molecule has 6 heteroatoms. The molecule has 0 atom stereocenters. The Morgan fingerprint density at radius 3 is 2.41 bits per heavy atom. The minimum Gasteiger partial charge on any atom is -0.464 e. The molecule has 1 aliphatic heterocycles. The van der Waals surface area contributed by atoms with Gasteiger partial charge in [-0.05, 0) is 12.5 Å². The summed E-state index contributed by atoms with van der Waals surface area (Å²) in [5.41, 5.74) is -0.581. The van der Waals surface area contributed by atoms with Crippen LogP contribution in [0.15, 0.2) is 30.3 Å². The van der Waals surface area contributed by atoms with E-state index in [-0.39, 0.29) is 39.1 Å². The average molecular weight is 307 g/mol. The van der Waals surface area contributed by atoms with E-state index in [1.165, 1.54) is 4.90 Å². The number of rotatable bonds is 4. The van der Waals surface area contributed by atoms with E-state index >= 15 is 0 Å². The van der Waals surface area contributed by atoms with Crippen molar-refractivity contribution in [3.8, 4) is 0 Å². The molecule has 0 unspecified atom stereocenters. The molecule has 0 bridgehead atoms. The van der Waals surface area contributed by atoms with Gasteiger partial charge in [-0.2, -0.15) is 0 Å². The monoisotopic (exact) mass is 307 g/mol. The molecule has 1 saturated heterocycles. The van der Waals surface area contributed by atoms with Crippen LogP contribution >= 0.6 is 0 Å². The van der Waals surface area contributed by atoms with Gasteiger partial charge in [-0.3, -0.25) is 0 Å². The largest absolute Gasteiger partial charge is 0.464 e. The summed E-state index contributed by atoms with van der Waals surface area (Å²) < 4.78 is 10.1. The van der Waals surface area contributed by atoms with Crippen LogP contribution in [0.2, 0.25) is 0 Å². The van der Waals surface area contributed by atoms with E-state index in [1.807, 2.05) is 30.3 Å². The van der Waals surface area contributed by atoms with E-state index in [1.54, 1.807) is 6.92 Å². The van der Waals surface area contributed by atoms with Crippen molar-refractivity contribution >= 4 is 12.1 Å². The number of aliphatic hydroxyl groups is 1. The molecule has 1 N–H and O–H groups in total. The normalized spacial score (nSPS) is 16.9. The zero-order chi connectivity index (χ0) is 16.0. The van der Waals surface area contributed by atoms with Gasteiger partial charge in [-0.25, -0.2) is 9.59 Å². The molecule has 22 heavy (non-hydrogen) atoms. The first-order chi connectivity index (χ1) is 10.5. The number of carbonyl (C=O) groups excluding carboxylic acids is 2. The van der Waals surface area contributed by atoms with E-state index in [4.69, 9.17) is 9.47 Å². The van der Waals surface area contributed by atoms with Crippen LogP contribution in [-0.4, -0.2) is 47.4 Å². The van der Waals surface area contributed by atoms with Crippen molar-refractivity contribution in [2.45, 2.75) is 32.0 Å². The highest BCUT2D eigenvalue weighted by Crippen LogP contribution is 2.24. The Balaban J connectivity index is 1.81. The zero-order valence-corrected chi connectivity index (χ0v) is 12.7. The predicted molar refractivity (Wildman–Crippen MR) is 79.0 cm³/mol. The summed E-state index contributed by atoms with van der Waals surface area (Å²) in [5, 5.41) is 10.2. The van der Waals surface area contributed by atoms with Crippen LogP contribution < -0.4 is 0 Å². The lowest BCUT2D eigenvalue weighted by Crippen LogP contribution is -2.51. The van der Waals surface area contributed by atoms with Crippen molar-refractivity contribution < 1.29 is 24.2 Å². The van der Waals surface area contributed by atoms with Gasteiger partial charge in [0.15, 0.2) is 5.60 Å². The van der Waals surface area contributed by atoms with E-state index in [9.17, 15) is 14.7 Å². The number of hydrogen-bond acceptors (Lipinski definition) is 5. The second-order valence-electron chi connectivity index (χ2n) is 5.28. The summed E-state index contributed by atoms with van der Waals surface area (Å²) >= 11 is 0. The molecule has 1 aliphatic rings. The molecule has 0 spiro atoms. The second kappa shape index (κ2) is 7.26. The molecular formula is C16H21NO5. The maximum absolute atomic E-state index is 12.0. The molecule has 1 aromatic rings. The number of ether oxygens (including phenoxy) is 2. The van der Waals surface area contributed by atoms with Gasteiger partial charge in [0.1, 0.15) is 6.61 Å². The second-order valence-corrected chi connectivity index (χ2v) is 5.28. The molecule has 2 rings (SSSR count). The molecule has 0 aliphatic carbocycles. The lowest BCUT2D eigenvalue weighted by atomic mass is 9.92. The van der Waals surface area contributed by atoms with Crippen molar-refractivity contribution in [2.75, 3.05) is 19.7 Å². The molecule has 1 aromatic carbocycles. The fourth-order valence-electron chi connectivity index (χ4n) is 2.34. The zero-order valence-electron chi connectivity index (χ0n) is 12.7. The fraction of sp³-hybridized carbons (Fsp3) is 0.500. The minimum absolute atomic E-state index is 0.159. The number of esters is 1. The van der Waals surface area contributed by atoms with Crippen molar-refractivity contribution in [3.63, 3.8) is 0 Å². The van der Waals surface area contributed by atoms with Crippen molar-refractivity contribution in [2.24, 2.45) is 0 Å². The lowest BCUT2D eigenvalue weighted by molar-refractivity contribution is -0.169. The highest BCUT2D eigenvalue weighted by Gasteiger charge is 2.41. The quantitative estimate of drug-likeness (QED) is 0.857. The molecule has 0 saturated carbocycles. The topological polar surface area (TPSA) is 76.1 Å². The standard InChI is InChI=1S/C16H21NO5/c1-2-21-14(18)16(20)8-10-17(11-9-16)15(19)22-12-13-6-4-3-5-7-13/h3-7,20H,2,8-12H2,1H3. The van der Waals surface area contributed by atoms with E-state index < -0.39 is 17.7 Å². The van der Waals surface area contributed by atoms with Gasteiger partial charge in [-0.15, -0.1) is 0 Å². The summed E-state index contributed by atoms with van der Waals surface area (Å²) in [7, 11) is 0. The Hall–Kier alpha value is -2.08. The van der Waals surface area contributed by atoms with Crippen molar-refractivity contribution in [1.82, 2.24) is 4.90 Å². The minimum atomic E-state index is -1.49. The maximum Gasteiger partial charge on any atom is 0.410 e. The Bertz CT molecular complexity index is 509. The third-order valence-electron chi connectivity index (χ3n) is 3.71. The summed E-state index contributed by atoms with van der Waals surface area (Å²) in [5.74, 6) is -0.618. The number of nitrogens with zero attached hydrogens (tertiary/aromatic N) is 1. The summed E-state index contributed by atoms with van der Waals surface area (Å²) in [6, 6.07) is 9.41. The van der Waals surface area contributed by atoms with Gasteiger partial charge in [0.05, 0.1) is 6.61 Å². The summed E-state index contributed by atoms with van der Waals surface area (Å²) in [4.78, 5) is 25.2. The third-order valence-corrected chi connectivity index (χ3v) is 3.71. The van der Waals surface area contributed by atoms with Gasteiger partial charge < -0.3 is 19.5 Å². The van der Waals surface area contributed by atoms with Gasteiger partial charge >= 0.3 is 12.1 Å². The molecule has 0 radical (unpaired) electrons. The summed E-state index contributed by atoms with van der Waals surface area (Å²) in [6.07, 6.45) is -0.117. The van der Waals surface area contributed by atoms with E-state index in [2.05, 4.69) is 0 Å². The maximum atomic E-state index is 12.0. The van der Waals surface area contributed by atoms with Crippen LogP contribution in [0.5, 0.6) is 0 Å². The number of piperidine rings is 1. The Labute approximate surface area is 129 Å². The van der Waals surface area contributed by atoms with Crippen LogP contribution in [-0.2, 0) is 20.9 Å². The lowest BCUT2D eigenvalue weighted by Gasteiger charge is -2.35. The number of carbonyl (C=O) groups is 2. The number of benzene rings is 1. The highest BCUT2D eigenvalue weighted by molar-refractivity contribution is 5.80. The first-order valence-corrected chi connectivity index (χ1v) is 7.40. The molecule has 0 aromatic heterocycles. The average Bonchev–Trinajstić information content (AvgIpc) is 2.54. The molecule has 1 amide bonds. The van der Waals surface area contributed by atoms with Crippen LogP contribution in [0.25, 0.3) is 0 Å². The Morgan fingerprint density at radius 1 is 1.18 bits per heavy atom. The van der Waals surface area contributed by atoms with Gasteiger partial charge in [-0.1, -0.05) is 30.3 Å². The SMILES string of the molecule is CCOC(=O)C1(O)CCN(C(=O)OCc2ccccc2)CC1. The van der Waals surface area contributed by atoms with Crippen LogP contribution in [0.1, 0.15) is 25.3 Å². The van der Waals surface area contributed by atoms with Crippen molar-refractivity contribution in [3.05, 3.63) is 35.9 Å². The van der Waals surface area contributed by atoms with Crippen LogP contribution in [0, 0.1) is 0 Å². The van der Waals surface area contributed by atoms with Gasteiger partial charge in [0.25, 0.3) is 0 Å². The number of amides is 1. The molecule has 6 nitrogen and oxygen atoms in total. The van der Waals surface area contributed by atoms with Gasteiger partial charge in [0.2, 0.25) is 0 Å². The third kappa shape index (κ3) is 3.98. The van der Waals surface area contributed by atoms with Crippen LogP contribution in [0.4, 0.5) is 4.79 Å². The predicted octanol–water partition coefficient (Wildman–Crippen LogP) is 1.71.